The Bertz CT molecular complexity index is 1850. The molecule has 0 radical (unpaired) electrons. The van der Waals surface area contributed by atoms with E-state index in [4.69, 9.17) is 14.2 Å². The highest BCUT2D eigenvalue weighted by atomic mass is 16.7. The molecule has 11 nitrogen and oxygen atoms in total. The highest BCUT2D eigenvalue weighted by Gasteiger charge is 2.47. The van der Waals surface area contributed by atoms with Crippen molar-refractivity contribution in [2.45, 2.75) is 320 Å². The first-order valence-corrected chi connectivity index (χ1v) is 34.3. The van der Waals surface area contributed by atoms with Gasteiger partial charge in [-0.15, -0.1) is 0 Å². The lowest BCUT2D eigenvalue weighted by molar-refractivity contribution is -0.305. The van der Waals surface area contributed by atoms with Crippen LogP contribution in [0, 0.1) is 0 Å². The standard InChI is InChI=1S/C74H125NO10/c1-4-7-10-13-16-19-22-24-26-28-30-31-32-33-34-35-36-37-38-40-42-44-47-50-53-56-59-62-69(79)85-72-71(81)70(80)68(63-76)84-74(72)83-64-65(66(77)60-57-54-51-48-45-21-18-15-12-9-6-3)75-73(82)67(78)61-58-55-52-49-46-43-41-39-29-27-25-23-20-17-14-11-8-5-2/h8,11,16-17,19-20,24-27,30-31,39,41,46,49,55,57-58,60,65-68,70-72,74,76-78,80-81H,4-7,9-10,12-15,18,21-23,28-29,32-38,40,42-45,47-48,50-54,56,59,61-64H2,1-3H3,(H,75,82)/b11-8-,19-16-,20-17-,26-24-,27-25-,31-30-,41-39-,49-46-,58-55-,60-57+. The number of aliphatic hydroxyl groups is 5. The van der Waals surface area contributed by atoms with Gasteiger partial charge in [-0.3, -0.25) is 9.59 Å². The minimum absolute atomic E-state index is 0.0528. The summed E-state index contributed by atoms with van der Waals surface area (Å²) in [4.78, 5) is 26.6. The molecule has 0 aromatic carbocycles. The first kappa shape index (κ1) is 79.1. The number of nitrogens with one attached hydrogen (secondary N) is 1. The quantitative estimate of drug-likeness (QED) is 0.0195. The number of hydrogen-bond donors (Lipinski definition) is 6. The molecule has 6 N–H and O–H groups in total. The number of amides is 1. The van der Waals surface area contributed by atoms with E-state index in [0.717, 1.165) is 89.9 Å². The number of allylic oxidation sites excluding steroid dienone is 18. The predicted octanol–water partition coefficient (Wildman–Crippen LogP) is 17.4. The van der Waals surface area contributed by atoms with E-state index in [1.54, 1.807) is 12.2 Å². The molecule has 85 heavy (non-hydrogen) atoms. The lowest BCUT2D eigenvalue weighted by atomic mass is 9.99. The summed E-state index contributed by atoms with van der Waals surface area (Å²) in [5.41, 5.74) is 0. The Kier molecular flexibility index (Phi) is 56.1. The maximum absolute atomic E-state index is 13.4. The molecule has 1 amide bonds. The molecule has 1 rings (SSSR count). The summed E-state index contributed by atoms with van der Waals surface area (Å²) >= 11 is 0. The van der Waals surface area contributed by atoms with E-state index in [9.17, 15) is 35.1 Å². The molecule has 1 saturated heterocycles. The van der Waals surface area contributed by atoms with E-state index in [2.05, 4.69) is 117 Å². The molecule has 11 heteroatoms. The van der Waals surface area contributed by atoms with Crippen molar-refractivity contribution in [3.05, 3.63) is 122 Å². The topological polar surface area (TPSA) is 175 Å². The van der Waals surface area contributed by atoms with Crippen molar-refractivity contribution in [2.24, 2.45) is 0 Å². The zero-order chi connectivity index (χ0) is 61.7. The summed E-state index contributed by atoms with van der Waals surface area (Å²) in [6.45, 7) is 5.60. The van der Waals surface area contributed by atoms with Gasteiger partial charge in [0.15, 0.2) is 12.4 Å². The lowest BCUT2D eigenvalue weighted by Gasteiger charge is -2.41. The Morgan fingerprint density at radius 2 is 0.847 bits per heavy atom. The van der Waals surface area contributed by atoms with E-state index < -0.39 is 67.4 Å². The van der Waals surface area contributed by atoms with E-state index in [-0.39, 0.29) is 19.4 Å². The van der Waals surface area contributed by atoms with Crippen molar-refractivity contribution in [3.63, 3.8) is 0 Å². The van der Waals surface area contributed by atoms with Crippen LogP contribution in [0.2, 0.25) is 0 Å². The molecule has 0 aliphatic carbocycles. The highest BCUT2D eigenvalue weighted by molar-refractivity contribution is 5.81. The van der Waals surface area contributed by atoms with Crippen molar-refractivity contribution < 1.29 is 49.3 Å². The Morgan fingerprint density at radius 1 is 0.471 bits per heavy atom. The number of rotatable bonds is 57. The number of hydrogen-bond acceptors (Lipinski definition) is 10. The molecular weight excluding hydrogens is 1060 g/mol. The largest absolute Gasteiger partial charge is 0.454 e. The van der Waals surface area contributed by atoms with Crippen LogP contribution in [0.15, 0.2) is 122 Å². The van der Waals surface area contributed by atoms with E-state index >= 15 is 0 Å². The summed E-state index contributed by atoms with van der Waals surface area (Å²) in [7, 11) is 0. The number of aliphatic hydroxyl groups excluding tert-OH is 5. The molecule has 0 spiro atoms. The van der Waals surface area contributed by atoms with Gasteiger partial charge in [0.1, 0.15) is 24.4 Å². The van der Waals surface area contributed by atoms with Gasteiger partial charge in [0.25, 0.3) is 0 Å². The third-order valence-electron chi connectivity index (χ3n) is 15.4. The van der Waals surface area contributed by atoms with E-state index in [0.29, 0.717) is 12.8 Å². The molecule has 1 aliphatic rings. The number of unbranched alkanes of at least 4 members (excludes halogenated alkanes) is 26. The van der Waals surface area contributed by atoms with Crippen LogP contribution in [0.25, 0.3) is 0 Å². The first-order chi connectivity index (χ1) is 41.7. The molecule has 0 bridgehead atoms. The third kappa shape index (κ3) is 47.8. The molecule has 1 heterocycles. The Morgan fingerprint density at radius 3 is 1.29 bits per heavy atom. The molecule has 0 aromatic rings. The fraction of sp³-hybridized carbons (Fsp3) is 0.703. The van der Waals surface area contributed by atoms with Crippen molar-refractivity contribution in [2.75, 3.05) is 13.2 Å². The van der Waals surface area contributed by atoms with Crippen LogP contribution in [-0.2, 0) is 23.8 Å². The summed E-state index contributed by atoms with van der Waals surface area (Å²) in [5.74, 6) is -1.29. The lowest BCUT2D eigenvalue weighted by Crippen LogP contribution is -2.61. The fourth-order valence-electron chi connectivity index (χ4n) is 9.97. The molecule has 8 atom stereocenters. The van der Waals surface area contributed by atoms with E-state index in [1.807, 2.05) is 18.2 Å². The molecule has 1 fully saturated rings. The summed E-state index contributed by atoms with van der Waals surface area (Å²) in [6.07, 6.45) is 74.1. The van der Waals surface area contributed by atoms with Crippen molar-refractivity contribution >= 4 is 11.9 Å². The second-order valence-corrected chi connectivity index (χ2v) is 23.2. The van der Waals surface area contributed by atoms with Gasteiger partial charge in [-0.05, 0) is 96.3 Å². The molecule has 0 aromatic heterocycles. The molecule has 8 unspecified atom stereocenters. The predicted molar refractivity (Wildman–Crippen MR) is 356 cm³/mol. The molecule has 486 valence electrons. The maximum atomic E-state index is 13.4. The van der Waals surface area contributed by atoms with Crippen LogP contribution in [0.4, 0.5) is 0 Å². The number of ether oxygens (including phenoxy) is 3. The van der Waals surface area contributed by atoms with Gasteiger partial charge >= 0.3 is 5.97 Å². The van der Waals surface area contributed by atoms with Crippen LogP contribution in [0.5, 0.6) is 0 Å². The Balaban J connectivity index is 2.59. The average Bonchev–Trinajstić information content (AvgIpc) is 3.51. The number of esters is 1. The van der Waals surface area contributed by atoms with Crippen LogP contribution in [0.3, 0.4) is 0 Å². The molecule has 1 aliphatic heterocycles. The second-order valence-electron chi connectivity index (χ2n) is 23.2. The highest BCUT2D eigenvalue weighted by Crippen LogP contribution is 2.26. The van der Waals surface area contributed by atoms with Crippen molar-refractivity contribution in [1.29, 1.82) is 0 Å². The Labute approximate surface area is 519 Å². The normalized spacial score (nSPS) is 19.2. The van der Waals surface area contributed by atoms with Gasteiger partial charge < -0.3 is 45.1 Å². The van der Waals surface area contributed by atoms with Gasteiger partial charge in [-0.1, -0.05) is 284 Å². The van der Waals surface area contributed by atoms with Crippen molar-refractivity contribution in [1.82, 2.24) is 5.32 Å². The summed E-state index contributed by atoms with van der Waals surface area (Å²) in [5, 5.41) is 57.0. The minimum atomic E-state index is -1.63. The average molecular weight is 1190 g/mol. The minimum Gasteiger partial charge on any atom is -0.454 e. The monoisotopic (exact) mass is 1190 g/mol. The van der Waals surface area contributed by atoms with Crippen LogP contribution < -0.4 is 5.32 Å². The zero-order valence-electron chi connectivity index (χ0n) is 53.9. The molecule has 0 saturated carbocycles. The van der Waals surface area contributed by atoms with E-state index in [1.165, 1.54) is 135 Å². The van der Waals surface area contributed by atoms with Crippen LogP contribution in [-0.4, -0.2) is 99.6 Å². The SMILES string of the molecule is CC/C=C\C/C=C\C/C=C\C/C=C\C/C=C\C/C=C\CC(O)C(=O)NC(COC1OC(CO)C(O)C(O)C1OC(=O)CCCCCCCCCCCCCCCC/C=C\C/C=C\C/C=C\CCCCC)C(O)/C=C/CCCCCCCCCCC. The third-order valence-corrected chi connectivity index (χ3v) is 15.4. The van der Waals surface area contributed by atoms with Gasteiger partial charge in [-0.25, -0.2) is 0 Å². The first-order valence-electron chi connectivity index (χ1n) is 34.3. The fourth-order valence-corrected chi connectivity index (χ4v) is 9.97. The van der Waals surface area contributed by atoms with Gasteiger partial charge in [0.2, 0.25) is 5.91 Å². The van der Waals surface area contributed by atoms with Gasteiger partial charge in [-0.2, -0.15) is 0 Å². The number of carbonyl (C=O) groups excluding carboxylic acids is 2. The van der Waals surface area contributed by atoms with Gasteiger partial charge in [0.05, 0.1) is 25.4 Å². The zero-order valence-corrected chi connectivity index (χ0v) is 53.9. The second kappa shape index (κ2) is 60.3. The van der Waals surface area contributed by atoms with Crippen molar-refractivity contribution in [3.8, 4) is 0 Å². The number of carbonyl (C=O) groups is 2. The smallest absolute Gasteiger partial charge is 0.306 e. The van der Waals surface area contributed by atoms with Crippen LogP contribution in [0.1, 0.15) is 271 Å². The summed E-state index contributed by atoms with van der Waals surface area (Å²) in [6, 6.07) is -1.07. The maximum Gasteiger partial charge on any atom is 0.306 e. The molecular formula is C74H125NO10. The summed E-state index contributed by atoms with van der Waals surface area (Å²) < 4.78 is 17.6. The van der Waals surface area contributed by atoms with Gasteiger partial charge in [0, 0.05) is 12.8 Å². The van der Waals surface area contributed by atoms with Crippen LogP contribution >= 0.6 is 0 Å². The Hall–Kier alpha value is -3.94.